The first kappa shape index (κ1) is 13.1. The minimum absolute atomic E-state index is 0.0320. The molecular weight excluding hydrogens is 256 g/mol. The highest BCUT2D eigenvalue weighted by Crippen LogP contribution is 2.19. The van der Waals surface area contributed by atoms with Gasteiger partial charge in [0, 0.05) is 31.5 Å². The number of aryl methyl sites for hydroxylation is 1. The summed E-state index contributed by atoms with van der Waals surface area (Å²) in [5.74, 6) is 1.17. The fourth-order valence-electron chi connectivity index (χ4n) is 2.64. The molecule has 1 aliphatic heterocycles. The highest BCUT2D eigenvalue weighted by molar-refractivity contribution is 5.95. The zero-order chi connectivity index (χ0) is 14.1. The molecule has 1 saturated heterocycles. The summed E-state index contributed by atoms with van der Waals surface area (Å²) in [6, 6.07) is 3.59. The molecule has 1 fully saturated rings. The molecule has 1 N–H and O–H groups in total. The Balaban J connectivity index is 1.78. The van der Waals surface area contributed by atoms with E-state index in [1.54, 1.807) is 6.07 Å². The number of rotatable bonds is 2. The van der Waals surface area contributed by atoms with Crippen LogP contribution in [-0.2, 0) is 0 Å². The summed E-state index contributed by atoms with van der Waals surface area (Å²) in [5, 5.41) is 17.2. The quantitative estimate of drug-likeness (QED) is 0.882. The molecular formula is C14H18N4O2. The van der Waals surface area contributed by atoms with Crippen molar-refractivity contribution in [2.45, 2.75) is 19.8 Å². The van der Waals surface area contributed by atoms with Crippen LogP contribution < -0.4 is 0 Å². The van der Waals surface area contributed by atoms with Crippen molar-refractivity contribution in [3.05, 3.63) is 29.7 Å². The number of nitrogens with zero attached hydrogens (tertiary/aromatic N) is 4. The zero-order valence-electron chi connectivity index (χ0n) is 11.5. The summed E-state index contributed by atoms with van der Waals surface area (Å²) in [4.78, 5) is 14.3. The van der Waals surface area contributed by atoms with E-state index in [1.807, 2.05) is 28.5 Å². The van der Waals surface area contributed by atoms with E-state index in [-0.39, 0.29) is 12.5 Å². The van der Waals surface area contributed by atoms with Gasteiger partial charge in [-0.15, -0.1) is 10.2 Å². The van der Waals surface area contributed by atoms with E-state index in [9.17, 15) is 4.79 Å². The van der Waals surface area contributed by atoms with Gasteiger partial charge in [-0.2, -0.15) is 0 Å². The maximum atomic E-state index is 12.5. The largest absolute Gasteiger partial charge is 0.396 e. The maximum Gasteiger partial charge on any atom is 0.254 e. The second-order valence-corrected chi connectivity index (χ2v) is 5.31. The Labute approximate surface area is 117 Å². The molecule has 0 aliphatic carbocycles. The number of fused-ring (bicyclic) bond motifs is 1. The molecule has 0 atom stereocenters. The van der Waals surface area contributed by atoms with Crippen LogP contribution >= 0.6 is 0 Å². The number of carbonyl (C=O) groups is 1. The molecule has 3 heterocycles. The molecule has 20 heavy (non-hydrogen) atoms. The van der Waals surface area contributed by atoms with E-state index in [0.717, 1.165) is 18.7 Å². The molecule has 0 aromatic carbocycles. The first-order valence-corrected chi connectivity index (χ1v) is 6.90. The van der Waals surface area contributed by atoms with Crippen molar-refractivity contribution < 1.29 is 9.90 Å². The first-order chi connectivity index (χ1) is 9.69. The SMILES string of the molecule is Cc1nnc2cc(C(=O)N3CCC(CO)CC3)ccn12. The second kappa shape index (κ2) is 5.20. The molecule has 2 aromatic heterocycles. The van der Waals surface area contributed by atoms with Crippen LogP contribution in [0.1, 0.15) is 29.0 Å². The fraction of sp³-hybridized carbons (Fsp3) is 0.500. The summed E-state index contributed by atoms with van der Waals surface area (Å²) < 4.78 is 1.86. The Hall–Kier alpha value is -1.95. The topological polar surface area (TPSA) is 70.7 Å². The van der Waals surface area contributed by atoms with Crippen molar-refractivity contribution >= 4 is 11.6 Å². The average Bonchev–Trinajstić information content (AvgIpc) is 2.87. The minimum Gasteiger partial charge on any atom is -0.396 e. The maximum absolute atomic E-state index is 12.5. The number of hydrogen-bond acceptors (Lipinski definition) is 4. The van der Waals surface area contributed by atoms with Gasteiger partial charge in [-0.3, -0.25) is 9.20 Å². The third kappa shape index (κ3) is 2.27. The number of aliphatic hydroxyl groups excluding tert-OH is 1. The molecule has 0 saturated carbocycles. The number of aliphatic hydroxyl groups is 1. The number of piperidine rings is 1. The Kier molecular flexibility index (Phi) is 3.40. The van der Waals surface area contributed by atoms with Crippen LogP contribution in [0.2, 0.25) is 0 Å². The van der Waals surface area contributed by atoms with Crippen LogP contribution in [0.5, 0.6) is 0 Å². The van der Waals surface area contributed by atoms with Crippen molar-refractivity contribution in [3.8, 4) is 0 Å². The van der Waals surface area contributed by atoms with Crippen molar-refractivity contribution in [3.63, 3.8) is 0 Å². The van der Waals surface area contributed by atoms with Crippen molar-refractivity contribution in [2.75, 3.05) is 19.7 Å². The minimum atomic E-state index is 0.0320. The summed E-state index contributed by atoms with van der Waals surface area (Å²) in [6.07, 6.45) is 3.57. The van der Waals surface area contributed by atoms with Gasteiger partial charge in [0.1, 0.15) is 5.82 Å². The van der Waals surface area contributed by atoms with Gasteiger partial charge in [0.2, 0.25) is 0 Å². The summed E-state index contributed by atoms with van der Waals surface area (Å²) in [5.41, 5.74) is 1.34. The van der Waals surface area contributed by atoms with E-state index >= 15 is 0 Å². The van der Waals surface area contributed by atoms with E-state index in [1.165, 1.54) is 0 Å². The van der Waals surface area contributed by atoms with Gasteiger partial charge in [0.15, 0.2) is 5.65 Å². The van der Waals surface area contributed by atoms with Gasteiger partial charge in [-0.05, 0) is 37.8 Å². The smallest absolute Gasteiger partial charge is 0.254 e. The normalized spacial score (nSPS) is 16.8. The van der Waals surface area contributed by atoms with Crippen LogP contribution in [0.25, 0.3) is 5.65 Å². The highest BCUT2D eigenvalue weighted by Gasteiger charge is 2.23. The zero-order valence-corrected chi connectivity index (χ0v) is 11.5. The van der Waals surface area contributed by atoms with Gasteiger partial charge in [-0.1, -0.05) is 0 Å². The van der Waals surface area contributed by atoms with Crippen LogP contribution in [0.3, 0.4) is 0 Å². The molecule has 0 spiro atoms. The third-order valence-electron chi connectivity index (χ3n) is 3.99. The molecule has 6 heteroatoms. The molecule has 106 valence electrons. The Morgan fingerprint density at radius 1 is 1.40 bits per heavy atom. The lowest BCUT2D eigenvalue weighted by molar-refractivity contribution is 0.0651. The molecule has 0 radical (unpaired) electrons. The molecule has 1 amide bonds. The molecule has 0 bridgehead atoms. The lowest BCUT2D eigenvalue weighted by Crippen LogP contribution is -2.39. The summed E-state index contributed by atoms with van der Waals surface area (Å²) in [7, 11) is 0. The molecule has 3 rings (SSSR count). The van der Waals surface area contributed by atoms with Gasteiger partial charge < -0.3 is 10.0 Å². The number of aromatic nitrogens is 3. The lowest BCUT2D eigenvalue weighted by atomic mass is 9.97. The van der Waals surface area contributed by atoms with Crippen LogP contribution in [0.4, 0.5) is 0 Å². The van der Waals surface area contributed by atoms with Crippen LogP contribution in [-0.4, -0.2) is 50.2 Å². The summed E-state index contributed by atoms with van der Waals surface area (Å²) in [6.45, 7) is 3.51. The predicted octanol–water partition coefficient (Wildman–Crippen LogP) is 0.882. The van der Waals surface area contributed by atoms with E-state index in [4.69, 9.17) is 5.11 Å². The molecule has 2 aromatic rings. The van der Waals surface area contributed by atoms with Gasteiger partial charge in [-0.25, -0.2) is 0 Å². The number of pyridine rings is 1. The Morgan fingerprint density at radius 2 is 2.15 bits per heavy atom. The van der Waals surface area contributed by atoms with E-state index in [2.05, 4.69) is 10.2 Å². The first-order valence-electron chi connectivity index (χ1n) is 6.90. The van der Waals surface area contributed by atoms with Crippen LogP contribution in [0.15, 0.2) is 18.3 Å². The third-order valence-corrected chi connectivity index (χ3v) is 3.99. The highest BCUT2D eigenvalue weighted by atomic mass is 16.3. The second-order valence-electron chi connectivity index (χ2n) is 5.31. The van der Waals surface area contributed by atoms with Gasteiger partial charge in [0.25, 0.3) is 5.91 Å². The van der Waals surface area contributed by atoms with Crippen molar-refractivity contribution in [1.29, 1.82) is 0 Å². The standard InChI is InChI=1S/C14H18N4O2/c1-10-15-16-13-8-12(4-7-18(10)13)14(20)17-5-2-11(9-19)3-6-17/h4,7-8,11,19H,2-3,5-6,9H2,1H3. The van der Waals surface area contributed by atoms with Crippen molar-refractivity contribution in [2.24, 2.45) is 5.92 Å². The predicted molar refractivity (Wildman–Crippen MR) is 73.4 cm³/mol. The Morgan fingerprint density at radius 3 is 2.85 bits per heavy atom. The average molecular weight is 274 g/mol. The van der Waals surface area contributed by atoms with E-state index < -0.39 is 0 Å². The molecule has 6 nitrogen and oxygen atoms in total. The number of likely N-dealkylation sites (tertiary alicyclic amines) is 1. The number of hydrogen-bond donors (Lipinski definition) is 1. The molecule has 1 aliphatic rings. The van der Waals surface area contributed by atoms with E-state index in [0.29, 0.717) is 30.2 Å². The van der Waals surface area contributed by atoms with Gasteiger partial charge >= 0.3 is 0 Å². The fourth-order valence-corrected chi connectivity index (χ4v) is 2.64. The monoisotopic (exact) mass is 274 g/mol. The number of amides is 1. The Bertz CT molecular complexity index is 629. The lowest BCUT2D eigenvalue weighted by Gasteiger charge is -2.31. The number of carbonyl (C=O) groups excluding carboxylic acids is 1. The molecule has 0 unspecified atom stereocenters. The summed E-state index contributed by atoms with van der Waals surface area (Å²) >= 11 is 0. The van der Waals surface area contributed by atoms with Crippen LogP contribution in [0, 0.1) is 12.8 Å². The van der Waals surface area contributed by atoms with Crippen molar-refractivity contribution in [1.82, 2.24) is 19.5 Å². The van der Waals surface area contributed by atoms with Gasteiger partial charge in [0.05, 0.1) is 0 Å².